The SMILES string of the molecule is C=CCOC(=O)C(=C=c1sc(=C=CNc2cccc(OCCN(C)C)c2)c(=O)n1CC)C#N. The third kappa shape index (κ3) is 7.69. The lowest BCUT2D eigenvalue weighted by molar-refractivity contribution is -0.137. The molecule has 0 spiro atoms. The summed E-state index contributed by atoms with van der Waals surface area (Å²) in [5.41, 5.74) is 5.79. The van der Waals surface area contributed by atoms with Gasteiger partial charge in [0.1, 0.15) is 34.2 Å². The summed E-state index contributed by atoms with van der Waals surface area (Å²) in [6.07, 6.45) is 2.93. The van der Waals surface area contributed by atoms with Gasteiger partial charge < -0.3 is 19.7 Å². The number of esters is 1. The number of carbonyl (C=O) groups excluding carboxylic acids is 1. The van der Waals surface area contributed by atoms with Gasteiger partial charge in [-0.15, -0.1) is 0 Å². The largest absolute Gasteiger partial charge is 0.492 e. The maximum atomic E-state index is 12.7. The average Bonchev–Trinajstić information content (AvgIpc) is 3.09. The Balaban J connectivity index is 2.36. The van der Waals surface area contributed by atoms with E-state index >= 15 is 0 Å². The summed E-state index contributed by atoms with van der Waals surface area (Å²) >= 11 is 1.08. The molecule has 0 aliphatic rings. The molecule has 0 amide bonds. The van der Waals surface area contributed by atoms with Crippen LogP contribution in [0.1, 0.15) is 6.92 Å². The number of thiazole rings is 1. The highest BCUT2D eigenvalue weighted by Crippen LogP contribution is 2.17. The first-order valence-corrected chi connectivity index (χ1v) is 11.0. The molecule has 0 unspecified atom stereocenters. The first kappa shape index (κ1) is 25.5. The van der Waals surface area contributed by atoms with Crippen LogP contribution in [0.5, 0.6) is 5.75 Å². The predicted molar refractivity (Wildman–Crippen MR) is 129 cm³/mol. The monoisotopic (exact) mass is 466 g/mol. The van der Waals surface area contributed by atoms with Crippen LogP contribution in [0.25, 0.3) is 11.5 Å². The standard InChI is InChI=1S/C24H26N4O4S/c1-5-13-32-24(30)18(17-25)15-22-28(6-2)23(29)21(33-22)10-11-26-19-8-7-9-20(16-19)31-14-12-27(3)4/h5,7-9,11,16,26H,1,6,12-14H2,2-4H3. The van der Waals surface area contributed by atoms with Gasteiger partial charge in [0.2, 0.25) is 0 Å². The molecule has 0 radical (unpaired) electrons. The van der Waals surface area contributed by atoms with Gasteiger partial charge in [-0.3, -0.25) is 9.36 Å². The molecule has 172 valence electrons. The molecule has 0 aliphatic carbocycles. The molecule has 33 heavy (non-hydrogen) atoms. The number of likely N-dealkylation sites (N-methyl/N-ethyl adjacent to an activating group) is 1. The first-order valence-electron chi connectivity index (χ1n) is 10.2. The minimum absolute atomic E-state index is 0.0218. The third-order valence-corrected chi connectivity index (χ3v) is 5.18. The van der Waals surface area contributed by atoms with Crippen LogP contribution in [0, 0.1) is 11.3 Å². The molecule has 0 saturated heterocycles. The molecule has 1 aromatic carbocycles. The Labute approximate surface area is 196 Å². The second-order valence-electron chi connectivity index (χ2n) is 6.90. The van der Waals surface area contributed by atoms with Crippen LogP contribution in [-0.4, -0.2) is 49.3 Å². The normalized spacial score (nSPS) is 9.91. The van der Waals surface area contributed by atoms with Gasteiger partial charge in [-0.05, 0) is 33.2 Å². The van der Waals surface area contributed by atoms with E-state index in [1.54, 1.807) is 13.0 Å². The van der Waals surface area contributed by atoms with Crippen molar-refractivity contribution in [3.63, 3.8) is 0 Å². The third-order valence-electron chi connectivity index (χ3n) is 4.16. The fourth-order valence-corrected chi connectivity index (χ4v) is 3.51. The Bertz CT molecular complexity index is 1290. The number of hydrogen-bond donors (Lipinski definition) is 1. The van der Waals surface area contributed by atoms with Crippen molar-refractivity contribution in [1.82, 2.24) is 9.47 Å². The van der Waals surface area contributed by atoms with Gasteiger partial charge in [-0.2, -0.15) is 5.26 Å². The molecule has 0 aliphatic heterocycles. The van der Waals surface area contributed by atoms with Gasteiger partial charge in [0.25, 0.3) is 5.56 Å². The molecule has 0 atom stereocenters. The molecule has 1 N–H and O–H groups in total. The van der Waals surface area contributed by atoms with Crippen LogP contribution in [0.4, 0.5) is 5.69 Å². The lowest BCUT2D eigenvalue weighted by atomic mass is 10.3. The fourth-order valence-electron chi connectivity index (χ4n) is 2.53. The zero-order chi connectivity index (χ0) is 24.2. The van der Waals surface area contributed by atoms with Gasteiger partial charge in [-0.25, -0.2) is 4.79 Å². The summed E-state index contributed by atoms with van der Waals surface area (Å²) in [5, 5.41) is 12.3. The van der Waals surface area contributed by atoms with E-state index in [2.05, 4.69) is 23.4 Å². The zero-order valence-electron chi connectivity index (χ0n) is 18.9. The van der Waals surface area contributed by atoms with Crippen LogP contribution >= 0.6 is 11.3 Å². The number of nitrogens with one attached hydrogen (secondary N) is 1. The molecule has 0 bridgehead atoms. The summed E-state index contributed by atoms with van der Waals surface area (Å²) in [6, 6.07) is 9.21. The van der Waals surface area contributed by atoms with Crippen molar-refractivity contribution in [1.29, 1.82) is 5.26 Å². The molecule has 8 nitrogen and oxygen atoms in total. The van der Waals surface area contributed by atoms with Crippen molar-refractivity contribution < 1.29 is 14.3 Å². The van der Waals surface area contributed by atoms with E-state index in [1.165, 1.54) is 16.8 Å². The quantitative estimate of drug-likeness (QED) is 0.245. The summed E-state index contributed by atoms with van der Waals surface area (Å²) in [6.45, 7) is 6.95. The van der Waals surface area contributed by atoms with Crippen molar-refractivity contribution in [3.05, 3.63) is 68.2 Å². The van der Waals surface area contributed by atoms with Crippen LogP contribution in [-0.2, 0) is 16.1 Å². The summed E-state index contributed by atoms with van der Waals surface area (Å²) in [7, 11) is 3.96. The number of nitrogens with zero attached hydrogens (tertiary/aromatic N) is 3. The molecule has 1 aromatic heterocycles. The lowest BCUT2D eigenvalue weighted by Gasteiger charge is -2.11. The van der Waals surface area contributed by atoms with Gasteiger partial charge in [-0.1, -0.05) is 41.5 Å². The Kier molecular flexibility index (Phi) is 9.97. The van der Waals surface area contributed by atoms with Crippen molar-refractivity contribution in [3.8, 4) is 11.8 Å². The summed E-state index contributed by atoms with van der Waals surface area (Å²) in [4.78, 5) is 26.7. The number of carbonyl (C=O) groups is 1. The van der Waals surface area contributed by atoms with E-state index in [1.807, 2.05) is 43.3 Å². The second-order valence-corrected chi connectivity index (χ2v) is 7.90. The molecule has 9 heteroatoms. The number of anilines is 1. The maximum absolute atomic E-state index is 12.7. The highest BCUT2D eigenvalue weighted by atomic mass is 32.1. The highest BCUT2D eigenvalue weighted by molar-refractivity contribution is 7.07. The van der Waals surface area contributed by atoms with Crippen LogP contribution in [0.3, 0.4) is 0 Å². The topological polar surface area (TPSA) is 96.6 Å². The smallest absolute Gasteiger partial charge is 0.357 e. The Morgan fingerprint density at radius 1 is 1.39 bits per heavy atom. The molecule has 1 heterocycles. The number of hydrogen-bond acceptors (Lipinski definition) is 8. The summed E-state index contributed by atoms with van der Waals surface area (Å²) in [5.74, 6) is -0.0922. The van der Waals surface area contributed by atoms with E-state index in [-0.39, 0.29) is 17.7 Å². The molecule has 0 saturated carbocycles. The van der Waals surface area contributed by atoms with Crippen LogP contribution in [0.15, 0.2) is 53.5 Å². The van der Waals surface area contributed by atoms with Crippen molar-refractivity contribution in [2.75, 3.05) is 39.2 Å². The van der Waals surface area contributed by atoms with E-state index in [0.29, 0.717) is 22.3 Å². The summed E-state index contributed by atoms with van der Waals surface area (Å²) < 4.78 is 12.7. The number of ether oxygens (including phenoxy) is 2. The molecule has 2 rings (SSSR count). The van der Waals surface area contributed by atoms with E-state index in [0.717, 1.165) is 29.3 Å². The minimum Gasteiger partial charge on any atom is -0.492 e. The Hall–Kier alpha value is -3.79. The lowest BCUT2D eigenvalue weighted by Crippen LogP contribution is -2.30. The van der Waals surface area contributed by atoms with Gasteiger partial charge in [0.15, 0.2) is 5.57 Å². The first-order chi connectivity index (χ1) is 15.9. The van der Waals surface area contributed by atoms with Gasteiger partial charge in [0, 0.05) is 31.0 Å². The van der Waals surface area contributed by atoms with Crippen LogP contribution < -0.4 is 24.8 Å². The predicted octanol–water partition coefficient (Wildman–Crippen LogP) is 1.43. The Morgan fingerprint density at radius 3 is 2.85 bits per heavy atom. The van der Waals surface area contributed by atoms with Crippen LogP contribution in [0.2, 0.25) is 0 Å². The minimum atomic E-state index is -0.823. The molecule has 2 aromatic rings. The fraction of sp³-hybridized carbons (Fsp3) is 0.292. The average molecular weight is 467 g/mol. The van der Waals surface area contributed by atoms with Crippen molar-refractivity contribution >= 4 is 34.5 Å². The number of nitriles is 1. The number of aromatic nitrogens is 1. The number of rotatable bonds is 10. The van der Waals surface area contributed by atoms with E-state index in [4.69, 9.17) is 9.47 Å². The molecule has 0 fully saturated rings. The number of benzene rings is 1. The molecular formula is C24H26N4O4S. The molecular weight excluding hydrogens is 440 g/mol. The van der Waals surface area contributed by atoms with Crippen molar-refractivity contribution in [2.45, 2.75) is 13.5 Å². The Morgan fingerprint density at radius 2 is 2.18 bits per heavy atom. The maximum Gasteiger partial charge on any atom is 0.357 e. The van der Waals surface area contributed by atoms with Gasteiger partial charge >= 0.3 is 5.97 Å². The van der Waals surface area contributed by atoms with Gasteiger partial charge in [0.05, 0.1) is 0 Å². The highest BCUT2D eigenvalue weighted by Gasteiger charge is 2.10. The van der Waals surface area contributed by atoms with E-state index in [9.17, 15) is 14.9 Å². The van der Waals surface area contributed by atoms with E-state index < -0.39 is 5.97 Å². The second kappa shape index (κ2) is 12.9. The van der Waals surface area contributed by atoms with Crippen molar-refractivity contribution in [2.24, 2.45) is 0 Å². The zero-order valence-corrected chi connectivity index (χ0v) is 19.7.